The second-order valence-electron chi connectivity index (χ2n) is 6.61. The van der Waals surface area contributed by atoms with Gasteiger partial charge in [-0.2, -0.15) is 0 Å². The molecule has 0 spiro atoms. The van der Waals surface area contributed by atoms with Gasteiger partial charge in [-0.3, -0.25) is 14.3 Å². The highest BCUT2D eigenvalue weighted by atomic mass is 32.1. The molecular formula is C17H19N2O5PS. The first-order chi connectivity index (χ1) is 12.4. The van der Waals surface area contributed by atoms with Gasteiger partial charge in [0.2, 0.25) is 0 Å². The smallest absolute Gasteiger partial charge is 0.362 e. The van der Waals surface area contributed by atoms with Crippen molar-refractivity contribution >= 4 is 24.7 Å². The molecule has 1 saturated heterocycles. The summed E-state index contributed by atoms with van der Waals surface area (Å²) in [4.78, 5) is 38.6. The van der Waals surface area contributed by atoms with E-state index in [2.05, 4.69) is 9.88 Å². The Bertz CT molecular complexity index is 901. The lowest BCUT2D eigenvalue weighted by molar-refractivity contribution is 0.0944. The van der Waals surface area contributed by atoms with E-state index in [0.717, 1.165) is 42.1 Å². The van der Waals surface area contributed by atoms with Gasteiger partial charge >= 0.3 is 7.60 Å². The Kier molecular flexibility index (Phi) is 4.71. The fourth-order valence-electron chi connectivity index (χ4n) is 3.59. The van der Waals surface area contributed by atoms with Crippen molar-refractivity contribution in [2.24, 2.45) is 0 Å². The average molecular weight is 394 g/mol. The molecule has 138 valence electrons. The molecule has 0 radical (unpaired) electrons. The van der Waals surface area contributed by atoms with Gasteiger partial charge in [0.05, 0.1) is 17.7 Å². The molecule has 9 heteroatoms. The number of likely N-dealkylation sites (tertiary alicyclic amines) is 1. The molecule has 1 aliphatic heterocycles. The largest absolute Gasteiger partial charge is 0.480 e. The number of fused-ring (bicyclic) bond motifs is 3. The van der Waals surface area contributed by atoms with Crippen LogP contribution in [-0.4, -0.2) is 51.4 Å². The maximum absolute atomic E-state index is 12.8. The van der Waals surface area contributed by atoms with Crippen molar-refractivity contribution in [2.45, 2.75) is 19.3 Å². The summed E-state index contributed by atoms with van der Waals surface area (Å²) < 4.78 is 16.6. The number of carbonyl (C=O) groups is 1. The summed E-state index contributed by atoms with van der Waals surface area (Å²) in [6.07, 6.45) is 2.16. The van der Waals surface area contributed by atoms with Crippen LogP contribution in [0.3, 0.4) is 0 Å². The first-order valence-corrected chi connectivity index (χ1v) is 11.1. The highest BCUT2D eigenvalue weighted by Crippen LogP contribution is 2.46. The van der Waals surface area contributed by atoms with Crippen molar-refractivity contribution in [3.63, 3.8) is 0 Å². The van der Waals surface area contributed by atoms with E-state index in [1.54, 1.807) is 17.6 Å². The number of nitrogens with zero attached hydrogens (tertiary/aromatic N) is 2. The van der Waals surface area contributed by atoms with E-state index < -0.39 is 13.9 Å². The number of ether oxygens (including phenoxy) is 1. The first-order valence-electron chi connectivity index (χ1n) is 8.44. The average Bonchev–Trinajstić information content (AvgIpc) is 3.28. The molecule has 0 unspecified atom stereocenters. The molecule has 1 aromatic carbocycles. The number of ketones is 1. The maximum Gasteiger partial charge on any atom is 0.362 e. The standard InChI is InChI=1S/C17H19N2O5PS/c20-13(8-19-5-1-2-6-19)11-3-4-14(24-10-25(21,22)23)16-12(11)7-15-17(16)18-9-26-15/h3-4,9H,1-2,5-8,10H2,(H2,21,22,23). The Morgan fingerprint density at radius 2 is 2.08 bits per heavy atom. The first kappa shape index (κ1) is 17.8. The van der Waals surface area contributed by atoms with E-state index in [1.807, 2.05) is 0 Å². The highest BCUT2D eigenvalue weighted by molar-refractivity contribution is 7.51. The van der Waals surface area contributed by atoms with Crippen LogP contribution < -0.4 is 4.74 Å². The van der Waals surface area contributed by atoms with Gasteiger partial charge in [0.15, 0.2) is 12.1 Å². The summed E-state index contributed by atoms with van der Waals surface area (Å²) in [7, 11) is -4.29. The van der Waals surface area contributed by atoms with Gasteiger partial charge < -0.3 is 14.5 Å². The Labute approximate surface area is 154 Å². The lowest BCUT2D eigenvalue weighted by atomic mass is 9.98. The van der Waals surface area contributed by atoms with Crippen LogP contribution in [0, 0.1) is 0 Å². The molecule has 2 N–H and O–H groups in total. The minimum atomic E-state index is -4.29. The van der Waals surface area contributed by atoms with Gasteiger partial charge in [-0.15, -0.1) is 11.3 Å². The van der Waals surface area contributed by atoms with Crippen LogP contribution in [0.4, 0.5) is 0 Å². The third-order valence-electron chi connectivity index (χ3n) is 4.74. The van der Waals surface area contributed by atoms with Crippen LogP contribution in [0.1, 0.15) is 33.6 Å². The van der Waals surface area contributed by atoms with Crippen LogP contribution >= 0.6 is 18.9 Å². The number of aromatic nitrogens is 1. The lowest BCUT2D eigenvalue weighted by Gasteiger charge is -2.17. The molecule has 0 amide bonds. The van der Waals surface area contributed by atoms with Crippen molar-refractivity contribution in [1.29, 1.82) is 0 Å². The third-order valence-corrected chi connectivity index (χ3v) is 6.04. The molecule has 1 fully saturated rings. The number of hydrogen-bond acceptors (Lipinski definition) is 6. The molecule has 0 atom stereocenters. The molecule has 1 aromatic heterocycles. The summed E-state index contributed by atoms with van der Waals surface area (Å²) in [5.74, 6) is 0.436. The molecule has 2 heterocycles. The normalized spacial score (nSPS) is 16.5. The Hall–Kier alpha value is -1.57. The minimum absolute atomic E-state index is 0.0693. The molecule has 2 aliphatic rings. The van der Waals surface area contributed by atoms with Crippen LogP contribution in [0.5, 0.6) is 5.75 Å². The zero-order chi connectivity index (χ0) is 18.3. The second-order valence-corrected chi connectivity index (χ2v) is 9.14. The van der Waals surface area contributed by atoms with E-state index in [0.29, 0.717) is 29.8 Å². The van der Waals surface area contributed by atoms with Gasteiger partial charge in [0, 0.05) is 22.4 Å². The number of rotatable bonds is 6. The fraction of sp³-hybridized carbons (Fsp3) is 0.412. The maximum atomic E-state index is 12.8. The number of benzene rings is 1. The van der Waals surface area contributed by atoms with Gasteiger partial charge in [-0.1, -0.05) is 0 Å². The third kappa shape index (κ3) is 3.48. The van der Waals surface area contributed by atoms with Crippen LogP contribution in [-0.2, 0) is 11.0 Å². The molecule has 0 saturated carbocycles. The summed E-state index contributed by atoms with van der Waals surface area (Å²) in [6, 6.07) is 3.34. The number of carbonyl (C=O) groups excluding carboxylic acids is 1. The van der Waals surface area contributed by atoms with Crippen LogP contribution in [0.25, 0.3) is 11.3 Å². The molecule has 26 heavy (non-hydrogen) atoms. The van der Waals surface area contributed by atoms with Crippen molar-refractivity contribution in [3.8, 4) is 17.0 Å². The van der Waals surface area contributed by atoms with Crippen LogP contribution in [0.2, 0.25) is 0 Å². The number of Topliss-reactive ketones (excluding diaryl/α,β-unsaturated/α-hetero) is 1. The SMILES string of the molecule is O=C(CN1CCCC1)c1ccc(OCP(=O)(O)O)c2c1Cc1scnc1-2. The molecule has 7 nitrogen and oxygen atoms in total. The van der Waals surface area contributed by atoms with Gasteiger partial charge in [-0.05, 0) is 43.6 Å². The monoisotopic (exact) mass is 394 g/mol. The van der Waals surface area contributed by atoms with E-state index in [4.69, 9.17) is 14.5 Å². The molecule has 4 rings (SSSR count). The summed E-state index contributed by atoms with van der Waals surface area (Å²) >= 11 is 1.51. The van der Waals surface area contributed by atoms with Crippen LogP contribution in [0.15, 0.2) is 17.6 Å². The second kappa shape index (κ2) is 6.87. The highest BCUT2D eigenvalue weighted by Gasteiger charge is 2.31. The van der Waals surface area contributed by atoms with Crippen molar-refractivity contribution in [3.05, 3.63) is 33.6 Å². The minimum Gasteiger partial charge on any atom is -0.480 e. The van der Waals surface area contributed by atoms with E-state index >= 15 is 0 Å². The Balaban J connectivity index is 1.68. The summed E-state index contributed by atoms with van der Waals surface area (Å²) in [6.45, 7) is 2.30. The lowest BCUT2D eigenvalue weighted by Crippen LogP contribution is -2.27. The number of thiazole rings is 1. The quantitative estimate of drug-likeness (QED) is 0.489. The van der Waals surface area contributed by atoms with Gasteiger partial charge in [0.25, 0.3) is 0 Å². The van der Waals surface area contributed by atoms with Gasteiger partial charge in [-0.25, -0.2) is 4.98 Å². The van der Waals surface area contributed by atoms with E-state index in [-0.39, 0.29) is 5.78 Å². The molecular weight excluding hydrogens is 375 g/mol. The fourth-order valence-corrected chi connectivity index (χ4v) is 4.68. The molecule has 1 aliphatic carbocycles. The van der Waals surface area contributed by atoms with Crippen molar-refractivity contribution in [1.82, 2.24) is 9.88 Å². The zero-order valence-corrected chi connectivity index (χ0v) is 15.8. The number of hydrogen-bond donors (Lipinski definition) is 2. The summed E-state index contributed by atoms with van der Waals surface area (Å²) in [5, 5.41) is 0. The van der Waals surface area contributed by atoms with Crippen molar-refractivity contribution < 1.29 is 23.9 Å². The Morgan fingerprint density at radius 1 is 1.31 bits per heavy atom. The summed E-state index contributed by atoms with van der Waals surface area (Å²) in [5.41, 5.74) is 4.69. The zero-order valence-electron chi connectivity index (χ0n) is 14.1. The van der Waals surface area contributed by atoms with Gasteiger partial charge in [0.1, 0.15) is 5.75 Å². The topological polar surface area (TPSA) is 100.0 Å². The predicted octanol–water partition coefficient (Wildman–Crippen LogP) is 2.51. The van der Waals surface area contributed by atoms with E-state index in [9.17, 15) is 9.36 Å². The predicted molar refractivity (Wildman–Crippen MR) is 97.9 cm³/mol. The Morgan fingerprint density at radius 3 is 2.81 bits per heavy atom. The van der Waals surface area contributed by atoms with E-state index in [1.165, 1.54) is 11.3 Å². The molecule has 2 aromatic rings. The van der Waals surface area contributed by atoms with Crippen molar-refractivity contribution in [2.75, 3.05) is 26.0 Å². The molecule has 0 bridgehead atoms.